The van der Waals surface area contributed by atoms with Gasteiger partial charge in [0.25, 0.3) is 0 Å². The Morgan fingerprint density at radius 3 is 2.29 bits per heavy atom. The van der Waals surface area contributed by atoms with E-state index >= 15 is 0 Å². The van der Waals surface area contributed by atoms with Gasteiger partial charge >= 0.3 is 5.97 Å². The van der Waals surface area contributed by atoms with E-state index in [2.05, 4.69) is 0 Å². The molecule has 0 amide bonds. The maximum Gasteiger partial charge on any atom is 0.312 e. The number of esters is 1. The zero-order valence-corrected chi connectivity index (χ0v) is 18.0. The third-order valence-corrected chi connectivity index (χ3v) is 6.80. The number of carbonyl (C=O) groups is 2. The van der Waals surface area contributed by atoms with Gasteiger partial charge in [0.2, 0.25) is 0 Å². The summed E-state index contributed by atoms with van der Waals surface area (Å²) in [5.41, 5.74) is 2.26. The van der Waals surface area contributed by atoms with E-state index in [9.17, 15) is 9.59 Å². The van der Waals surface area contributed by atoms with Crippen molar-refractivity contribution in [1.82, 2.24) is 0 Å². The standard InChI is InChI=1S/C23H31ClO4/c1-4-27-21(26)22(7-9-23(10-8-22)6-5-11-28-23)15-19(25)14-20-16(2)12-18(24)13-17(20)3/h12-13H,4-11,14-15H2,1-3H3. The summed E-state index contributed by atoms with van der Waals surface area (Å²) < 4.78 is 11.4. The molecule has 0 unspecified atom stereocenters. The average molecular weight is 407 g/mol. The maximum absolute atomic E-state index is 13.0. The van der Waals surface area contributed by atoms with Crippen LogP contribution in [-0.2, 0) is 25.5 Å². The van der Waals surface area contributed by atoms with E-state index in [0.717, 1.165) is 49.0 Å². The molecule has 1 saturated heterocycles. The fraction of sp³-hybridized carbons (Fsp3) is 0.652. The first-order valence-electron chi connectivity index (χ1n) is 10.4. The number of ketones is 1. The van der Waals surface area contributed by atoms with Gasteiger partial charge in [-0.25, -0.2) is 0 Å². The first kappa shape index (κ1) is 21.3. The minimum absolute atomic E-state index is 0.0810. The van der Waals surface area contributed by atoms with Crippen LogP contribution in [0.25, 0.3) is 0 Å². The maximum atomic E-state index is 13.0. The van der Waals surface area contributed by atoms with Crippen molar-refractivity contribution in [2.45, 2.75) is 77.7 Å². The number of carbonyl (C=O) groups excluding carboxylic acids is 2. The first-order valence-corrected chi connectivity index (χ1v) is 10.8. The van der Waals surface area contributed by atoms with E-state index in [1.54, 1.807) is 0 Å². The van der Waals surface area contributed by atoms with Crippen molar-refractivity contribution in [2.75, 3.05) is 13.2 Å². The molecule has 2 fully saturated rings. The Labute approximate surface area is 172 Å². The average Bonchev–Trinajstić information content (AvgIpc) is 3.09. The molecule has 2 aliphatic rings. The predicted octanol–water partition coefficient (Wildman–Crippen LogP) is 5.13. The monoisotopic (exact) mass is 406 g/mol. The third kappa shape index (κ3) is 4.44. The molecule has 0 bridgehead atoms. The summed E-state index contributed by atoms with van der Waals surface area (Å²) in [4.78, 5) is 25.9. The van der Waals surface area contributed by atoms with Gasteiger partial charge in [0.05, 0.1) is 17.6 Å². The number of benzene rings is 1. The number of Topliss-reactive ketones (excluding diaryl/α,β-unsaturated/α-hetero) is 1. The molecule has 1 spiro atoms. The van der Waals surface area contributed by atoms with Crippen LogP contribution in [0.4, 0.5) is 0 Å². The van der Waals surface area contributed by atoms with Crippen LogP contribution in [0.2, 0.25) is 5.02 Å². The van der Waals surface area contributed by atoms with Crippen LogP contribution < -0.4 is 0 Å². The molecule has 154 valence electrons. The summed E-state index contributed by atoms with van der Waals surface area (Å²) in [6.07, 6.45) is 5.70. The van der Waals surface area contributed by atoms with E-state index in [4.69, 9.17) is 21.1 Å². The molecule has 1 saturated carbocycles. The van der Waals surface area contributed by atoms with Crippen molar-refractivity contribution < 1.29 is 19.1 Å². The van der Waals surface area contributed by atoms with E-state index in [1.165, 1.54) is 0 Å². The highest BCUT2D eigenvalue weighted by atomic mass is 35.5. The van der Waals surface area contributed by atoms with Gasteiger partial charge in [-0.05, 0) is 88.1 Å². The van der Waals surface area contributed by atoms with Gasteiger partial charge in [0, 0.05) is 24.5 Å². The molecular weight excluding hydrogens is 376 g/mol. The molecule has 1 aliphatic heterocycles. The van der Waals surface area contributed by atoms with Gasteiger partial charge in [-0.2, -0.15) is 0 Å². The van der Waals surface area contributed by atoms with Gasteiger partial charge in [-0.3, -0.25) is 9.59 Å². The number of halogens is 1. The molecule has 0 radical (unpaired) electrons. The number of rotatable bonds is 6. The van der Waals surface area contributed by atoms with Crippen LogP contribution in [0.1, 0.15) is 68.6 Å². The Hall–Kier alpha value is -1.39. The largest absolute Gasteiger partial charge is 0.466 e. The van der Waals surface area contributed by atoms with Crippen LogP contribution in [0.5, 0.6) is 0 Å². The summed E-state index contributed by atoms with van der Waals surface area (Å²) in [7, 11) is 0. The first-order chi connectivity index (χ1) is 13.3. The molecule has 3 rings (SSSR count). The van der Waals surface area contributed by atoms with E-state index in [1.807, 2.05) is 32.9 Å². The Balaban J connectivity index is 1.75. The fourth-order valence-corrected chi connectivity index (χ4v) is 5.25. The van der Waals surface area contributed by atoms with Gasteiger partial charge in [-0.1, -0.05) is 11.6 Å². The summed E-state index contributed by atoms with van der Waals surface area (Å²) in [5, 5.41) is 0.684. The third-order valence-electron chi connectivity index (χ3n) is 6.58. The lowest BCUT2D eigenvalue weighted by molar-refractivity contribution is -0.164. The van der Waals surface area contributed by atoms with Crippen LogP contribution in [0.15, 0.2) is 12.1 Å². The topological polar surface area (TPSA) is 52.6 Å². The molecule has 1 heterocycles. The Bertz CT molecular complexity index is 716. The van der Waals surface area contributed by atoms with Crippen LogP contribution in [-0.4, -0.2) is 30.6 Å². The zero-order chi connectivity index (χ0) is 20.4. The molecule has 0 aromatic heterocycles. The highest BCUT2D eigenvalue weighted by Crippen LogP contribution is 2.49. The highest BCUT2D eigenvalue weighted by molar-refractivity contribution is 6.30. The molecule has 5 heteroatoms. The van der Waals surface area contributed by atoms with Crippen molar-refractivity contribution in [1.29, 1.82) is 0 Å². The Morgan fingerprint density at radius 1 is 1.11 bits per heavy atom. The molecule has 0 atom stereocenters. The fourth-order valence-electron chi connectivity index (χ4n) is 4.93. The lowest BCUT2D eigenvalue weighted by Gasteiger charge is -2.42. The Morgan fingerprint density at radius 2 is 1.75 bits per heavy atom. The van der Waals surface area contributed by atoms with E-state index < -0.39 is 5.41 Å². The minimum atomic E-state index is -0.710. The molecule has 4 nitrogen and oxygen atoms in total. The van der Waals surface area contributed by atoms with Gasteiger partial charge in [0.1, 0.15) is 5.78 Å². The summed E-state index contributed by atoms with van der Waals surface area (Å²) in [6.45, 7) is 6.92. The van der Waals surface area contributed by atoms with Crippen LogP contribution >= 0.6 is 11.6 Å². The highest BCUT2D eigenvalue weighted by Gasteiger charge is 2.50. The van der Waals surface area contributed by atoms with Crippen LogP contribution in [0.3, 0.4) is 0 Å². The number of ether oxygens (including phenoxy) is 2. The smallest absolute Gasteiger partial charge is 0.312 e. The minimum Gasteiger partial charge on any atom is -0.466 e. The second-order valence-corrected chi connectivity index (χ2v) is 8.98. The van der Waals surface area contributed by atoms with Gasteiger partial charge in [-0.15, -0.1) is 0 Å². The number of aryl methyl sites for hydroxylation is 2. The van der Waals surface area contributed by atoms with Crippen molar-refractivity contribution in [2.24, 2.45) is 5.41 Å². The van der Waals surface area contributed by atoms with Gasteiger partial charge < -0.3 is 9.47 Å². The number of hydrogen-bond donors (Lipinski definition) is 0. The SMILES string of the molecule is CCOC(=O)C1(CC(=O)Cc2c(C)cc(Cl)cc2C)CCC2(CCCO2)CC1. The van der Waals surface area contributed by atoms with Crippen molar-refractivity contribution in [3.8, 4) is 0 Å². The lowest BCUT2D eigenvalue weighted by Crippen LogP contribution is -2.44. The molecule has 0 N–H and O–H groups in total. The molecule has 1 aromatic carbocycles. The molecule has 1 aliphatic carbocycles. The van der Waals surface area contributed by atoms with Crippen molar-refractivity contribution >= 4 is 23.4 Å². The van der Waals surface area contributed by atoms with Gasteiger partial charge in [0.15, 0.2) is 0 Å². The molecular formula is C23H31ClO4. The van der Waals surface area contributed by atoms with E-state index in [0.29, 0.717) is 30.9 Å². The summed E-state index contributed by atoms with van der Waals surface area (Å²) >= 11 is 6.11. The molecule has 1 aromatic rings. The second kappa shape index (κ2) is 8.54. The number of hydrogen-bond acceptors (Lipinski definition) is 4. The predicted molar refractivity (Wildman–Crippen MR) is 110 cm³/mol. The summed E-state index contributed by atoms with van der Waals surface area (Å²) in [5.74, 6) is -0.134. The summed E-state index contributed by atoms with van der Waals surface area (Å²) in [6, 6.07) is 3.78. The molecule has 28 heavy (non-hydrogen) atoms. The second-order valence-electron chi connectivity index (χ2n) is 8.55. The quantitative estimate of drug-likeness (QED) is 0.614. The lowest BCUT2D eigenvalue weighted by atomic mass is 9.65. The van der Waals surface area contributed by atoms with Crippen LogP contribution in [0, 0.1) is 19.3 Å². The van der Waals surface area contributed by atoms with Crippen molar-refractivity contribution in [3.63, 3.8) is 0 Å². The van der Waals surface area contributed by atoms with E-state index in [-0.39, 0.29) is 23.8 Å². The zero-order valence-electron chi connectivity index (χ0n) is 17.2. The Kier molecular flexibility index (Phi) is 6.51. The normalized spacial score (nSPS) is 27.1. The van der Waals surface area contributed by atoms with Crippen molar-refractivity contribution in [3.05, 3.63) is 33.8 Å².